The number of methoxy groups -OCH3 is 3. The average Bonchev–Trinajstić information content (AvgIpc) is 2.46. The fraction of sp³-hybridized carbons (Fsp3) is 0.500. The van der Waals surface area contributed by atoms with Gasteiger partial charge in [-0.3, -0.25) is 0 Å². The average molecular weight is 267 g/mol. The Morgan fingerprint density at radius 3 is 2.58 bits per heavy atom. The van der Waals surface area contributed by atoms with Crippen LogP contribution in [0.25, 0.3) is 0 Å². The molecule has 5 heteroatoms. The molecule has 0 bridgehead atoms. The number of esters is 1. The number of ether oxygens (including phenoxy) is 3. The van der Waals surface area contributed by atoms with Crippen molar-refractivity contribution in [2.75, 3.05) is 33.3 Å². The molecular weight excluding hydrogens is 246 g/mol. The minimum Gasteiger partial charge on any atom is -0.497 e. The van der Waals surface area contributed by atoms with Crippen LogP contribution < -0.4 is 10.1 Å². The minimum atomic E-state index is -0.893. The molecule has 1 aromatic carbocycles. The summed E-state index contributed by atoms with van der Waals surface area (Å²) in [7, 11) is 4.53. The van der Waals surface area contributed by atoms with E-state index in [1.54, 1.807) is 14.2 Å². The Morgan fingerprint density at radius 2 is 2.05 bits per heavy atom. The maximum atomic E-state index is 12.0. The summed E-state index contributed by atoms with van der Waals surface area (Å²) < 4.78 is 15.2. The summed E-state index contributed by atoms with van der Waals surface area (Å²) in [6.45, 7) is 2.14. The van der Waals surface area contributed by atoms with Crippen LogP contribution in [-0.4, -0.2) is 39.4 Å². The van der Waals surface area contributed by atoms with Gasteiger partial charge in [-0.15, -0.1) is 0 Å². The third-order valence-corrected chi connectivity index (χ3v) is 3.02. The second-order valence-corrected chi connectivity index (χ2v) is 4.22. The number of hydrogen-bond acceptors (Lipinski definition) is 5. The number of rotatable bonds is 7. The van der Waals surface area contributed by atoms with Gasteiger partial charge in [-0.2, -0.15) is 0 Å². The van der Waals surface area contributed by atoms with Crippen molar-refractivity contribution in [2.24, 2.45) is 0 Å². The van der Waals surface area contributed by atoms with Crippen molar-refractivity contribution in [3.05, 3.63) is 24.3 Å². The first kappa shape index (κ1) is 15.3. The Labute approximate surface area is 113 Å². The molecule has 1 aromatic rings. The highest BCUT2D eigenvalue weighted by Crippen LogP contribution is 2.24. The van der Waals surface area contributed by atoms with Crippen molar-refractivity contribution >= 4 is 11.7 Å². The molecule has 1 atom stereocenters. The van der Waals surface area contributed by atoms with Crippen LogP contribution in [0.5, 0.6) is 5.75 Å². The summed E-state index contributed by atoms with van der Waals surface area (Å²) in [6.07, 6.45) is 0.546. The molecule has 0 heterocycles. The number of carbonyl (C=O) groups excluding carboxylic acids is 1. The second kappa shape index (κ2) is 6.99. The summed E-state index contributed by atoms with van der Waals surface area (Å²) in [5.41, 5.74) is -0.112. The van der Waals surface area contributed by atoms with E-state index in [-0.39, 0.29) is 12.6 Å². The quantitative estimate of drug-likeness (QED) is 0.766. The molecule has 106 valence electrons. The number of carbonyl (C=O) groups is 1. The second-order valence-electron chi connectivity index (χ2n) is 4.22. The van der Waals surface area contributed by atoms with Crippen LogP contribution >= 0.6 is 0 Å². The molecule has 0 saturated carbocycles. The van der Waals surface area contributed by atoms with Crippen LogP contribution in [0, 0.1) is 0 Å². The van der Waals surface area contributed by atoms with Gasteiger partial charge in [0.2, 0.25) is 0 Å². The van der Waals surface area contributed by atoms with Crippen LogP contribution in [-0.2, 0) is 14.3 Å². The van der Waals surface area contributed by atoms with Crippen LogP contribution in [0.15, 0.2) is 24.3 Å². The molecule has 0 aliphatic rings. The molecular formula is C14H21NO4. The fourth-order valence-electron chi connectivity index (χ4n) is 1.90. The topological polar surface area (TPSA) is 56.8 Å². The lowest BCUT2D eigenvalue weighted by Crippen LogP contribution is -2.50. The third-order valence-electron chi connectivity index (χ3n) is 3.02. The maximum absolute atomic E-state index is 12.0. The zero-order valence-corrected chi connectivity index (χ0v) is 11.9. The van der Waals surface area contributed by atoms with Gasteiger partial charge in [-0.1, -0.05) is 13.0 Å². The molecule has 0 radical (unpaired) electrons. The molecule has 0 aliphatic carbocycles. The molecule has 19 heavy (non-hydrogen) atoms. The van der Waals surface area contributed by atoms with E-state index in [1.165, 1.54) is 7.11 Å². The molecule has 0 aromatic heterocycles. The first-order chi connectivity index (χ1) is 9.11. The van der Waals surface area contributed by atoms with E-state index in [1.807, 2.05) is 31.2 Å². The molecule has 0 aliphatic heterocycles. The van der Waals surface area contributed by atoms with Crippen molar-refractivity contribution in [1.82, 2.24) is 0 Å². The Balaban J connectivity index is 3.01. The number of benzene rings is 1. The predicted octanol–water partition coefficient (Wildman–Crippen LogP) is 2.08. The van der Waals surface area contributed by atoms with E-state index in [2.05, 4.69) is 5.32 Å². The van der Waals surface area contributed by atoms with Gasteiger partial charge >= 0.3 is 5.97 Å². The molecule has 0 fully saturated rings. The Kier molecular flexibility index (Phi) is 5.63. The molecule has 0 saturated heterocycles. The summed E-state index contributed by atoms with van der Waals surface area (Å²) in [4.78, 5) is 12.0. The summed E-state index contributed by atoms with van der Waals surface area (Å²) in [5.74, 6) is 0.372. The lowest BCUT2D eigenvalue weighted by Gasteiger charge is -2.31. The maximum Gasteiger partial charge on any atom is 0.333 e. The van der Waals surface area contributed by atoms with Crippen molar-refractivity contribution in [3.8, 4) is 5.75 Å². The highest BCUT2D eigenvalue weighted by atomic mass is 16.5. The molecule has 1 rings (SSSR count). The van der Waals surface area contributed by atoms with Gasteiger partial charge in [0.25, 0.3) is 0 Å². The molecule has 0 amide bonds. The molecule has 5 nitrogen and oxygen atoms in total. The van der Waals surface area contributed by atoms with E-state index < -0.39 is 5.54 Å². The van der Waals surface area contributed by atoms with E-state index in [0.29, 0.717) is 6.42 Å². The van der Waals surface area contributed by atoms with Crippen molar-refractivity contribution < 1.29 is 19.0 Å². The van der Waals surface area contributed by atoms with Gasteiger partial charge in [0.15, 0.2) is 5.54 Å². The largest absolute Gasteiger partial charge is 0.497 e. The van der Waals surface area contributed by atoms with Gasteiger partial charge in [-0.25, -0.2) is 4.79 Å². The van der Waals surface area contributed by atoms with E-state index >= 15 is 0 Å². The first-order valence-electron chi connectivity index (χ1n) is 6.11. The van der Waals surface area contributed by atoms with Gasteiger partial charge in [0, 0.05) is 18.9 Å². The third kappa shape index (κ3) is 3.61. The fourth-order valence-corrected chi connectivity index (χ4v) is 1.90. The Bertz CT molecular complexity index is 422. The number of anilines is 1. The lowest BCUT2D eigenvalue weighted by atomic mass is 9.96. The van der Waals surface area contributed by atoms with E-state index in [4.69, 9.17) is 14.2 Å². The number of nitrogens with one attached hydrogen (secondary N) is 1. The van der Waals surface area contributed by atoms with Crippen molar-refractivity contribution in [2.45, 2.75) is 18.9 Å². The SMILES string of the molecule is CCC(COC)(Nc1cccc(OC)c1)C(=O)OC. The predicted molar refractivity (Wildman–Crippen MR) is 73.5 cm³/mol. The van der Waals surface area contributed by atoms with Gasteiger partial charge in [0.05, 0.1) is 20.8 Å². The Morgan fingerprint density at radius 1 is 1.32 bits per heavy atom. The minimum absolute atomic E-state index is 0.230. The van der Waals surface area contributed by atoms with Gasteiger partial charge in [0.1, 0.15) is 5.75 Å². The highest BCUT2D eigenvalue weighted by Gasteiger charge is 2.38. The van der Waals surface area contributed by atoms with Crippen molar-refractivity contribution in [3.63, 3.8) is 0 Å². The highest BCUT2D eigenvalue weighted by molar-refractivity contribution is 5.84. The standard InChI is InChI=1S/C14H21NO4/c1-5-14(10-17-2,13(16)19-4)15-11-7-6-8-12(9-11)18-3/h6-9,15H,5,10H2,1-4H3. The van der Waals surface area contributed by atoms with Gasteiger partial charge < -0.3 is 19.5 Å². The first-order valence-corrected chi connectivity index (χ1v) is 6.11. The monoisotopic (exact) mass is 267 g/mol. The van der Waals surface area contributed by atoms with Crippen LogP contribution in [0.4, 0.5) is 5.69 Å². The van der Waals surface area contributed by atoms with Crippen LogP contribution in [0.2, 0.25) is 0 Å². The summed E-state index contributed by atoms with van der Waals surface area (Å²) in [6, 6.07) is 7.38. The smallest absolute Gasteiger partial charge is 0.333 e. The number of hydrogen-bond donors (Lipinski definition) is 1. The molecule has 1 unspecified atom stereocenters. The van der Waals surface area contributed by atoms with Crippen LogP contribution in [0.3, 0.4) is 0 Å². The summed E-state index contributed by atoms with van der Waals surface area (Å²) >= 11 is 0. The van der Waals surface area contributed by atoms with Crippen molar-refractivity contribution in [1.29, 1.82) is 0 Å². The normalized spacial score (nSPS) is 13.5. The zero-order chi connectivity index (χ0) is 14.3. The molecule has 1 N–H and O–H groups in total. The summed E-state index contributed by atoms with van der Waals surface area (Å²) in [5, 5.41) is 3.19. The molecule has 0 spiro atoms. The Hall–Kier alpha value is -1.75. The van der Waals surface area contributed by atoms with Crippen LogP contribution in [0.1, 0.15) is 13.3 Å². The zero-order valence-electron chi connectivity index (χ0n) is 11.9. The van der Waals surface area contributed by atoms with E-state index in [9.17, 15) is 4.79 Å². The lowest BCUT2D eigenvalue weighted by molar-refractivity contribution is -0.148. The van der Waals surface area contributed by atoms with Gasteiger partial charge in [-0.05, 0) is 18.6 Å². The van der Waals surface area contributed by atoms with E-state index in [0.717, 1.165) is 11.4 Å².